The zero-order chi connectivity index (χ0) is 13.2. The predicted octanol–water partition coefficient (Wildman–Crippen LogP) is 1.11. The van der Waals surface area contributed by atoms with Crippen LogP contribution in [-0.2, 0) is 16.0 Å². The molecule has 4 heteroatoms. The fourth-order valence-electron chi connectivity index (χ4n) is 2.99. The highest BCUT2D eigenvalue weighted by Gasteiger charge is 2.34. The maximum Gasteiger partial charge on any atom is 0.256 e. The molecule has 0 aromatic heterocycles. The van der Waals surface area contributed by atoms with Crippen LogP contribution in [0.1, 0.15) is 23.7 Å². The maximum atomic E-state index is 12.6. The van der Waals surface area contributed by atoms with Gasteiger partial charge in [0, 0.05) is 13.1 Å². The van der Waals surface area contributed by atoms with Crippen LogP contribution >= 0.6 is 0 Å². The Morgan fingerprint density at radius 1 is 1.42 bits per heavy atom. The second kappa shape index (κ2) is 5.31. The average Bonchev–Trinajstić information content (AvgIpc) is 2.95. The van der Waals surface area contributed by atoms with Gasteiger partial charge < -0.3 is 15.4 Å². The van der Waals surface area contributed by atoms with Crippen LogP contribution in [-0.4, -0.2) is 37.0 Å². The first-order chi connectivity index (χ1) is 9.29. The van der Waals surface area contributed by atoms with Crippen molar-refractivity contribution in [1.82, 2.24) is 4.90 Å². The van der Waals surface area contributed by atoms with Crippen molar-refractivity contribution in [2.45, 2.75) is 18.9 Å². The van der Waals surface area contributed by atoms with Gasteiger partial charge in [-0.3, -0.25) is 4.79 Å². The van der Waals surface area contributed by atoms with Crippen molar-refractivity contribution in [2.24, 2.45) is 11.7 Å². The van der Waals surface area contributed by atoms with Gasteiger partial charge in [0.25, 0.3) is 5.91 Å². The van der Waals surface area contributed by atoms with E-state index >= 15 is 0 Å². The summed E-state index contributed by atoms with van der Waals surface area (Å²) in [5.41, 5.74) is 7.96. The van der Waals surface area contributed by atoms with Crippen LogP contribution in [0.2, 0.25) is 0 Å². The lowest BCUT2D eigenvalue weighted by Gasteiger charge is -2.28. The number of hydrogen-bond donors (Lipinski definition) is 1. The lowest BCUT2D eigenvalue weighted by molar-refractivity contribution is -0.144. The topological polar surface area (TPSA) is 55.6 Å². The van der Waals surface area contributed by atoms with Crippen LogP contribution in [0.25, 0.3) is 0 Å². The predicted molar refractivity (Wildman–Crippen MR) is 72.6 cm³/mol. The van der Waals surface area contributed by atoms with Gasteiger partial charge in [0.2, 0.25) is 0 Å². The first-order valence-electron chi connectivity index (χ1n) is 6.98. The number of carbonyl (C=O) groups excluding carboxylic acids is 1. The number of nitrogens with two attached hydrogens (primary N) is 1. The highest BCUT2D eigenvalue weighted by molar-refractivity contribution is 5.83. The Labute approximate surface area is 113 Å². The van der Waals surface area contributed by atoms with E-state index in [1.54, 1.807) is 0 Å². The summed E-state index contributed by atoms with van der Waals surface area (Å²) in [5, 5.41) is 0. The van der Waals surface area contributed by atoms with E-state index in [-0.39, 0.29) is 5.91 Å². The molecule has 102 valence electrons. The largest absolute Gasteiger partial charge is 0.363 e. The molecule has 1 aromatic carbocycles. The summed E-state index contributed by atoms with van der Waals surface area (Å²) in [7, 11) is 0. The van der Waals surface area contributed by atoms with Crippen LogP contribution < -0.4 is 5.73 Å². The van der Waals surface area contributed by atoms with E-state index in [9.17, 15) is 4.79 Å². The van der Waals surface area contributed by atoms with Crippen LogP contribution in [0.3, 0.4) is 0 Å². The van der Waals surface area contributed by atoms with Gasteiger partial charge in [0.15, 0.2) is 6.10 Å². The fraction of sp³-hybridized carbons (Fsp3) is 0.533. The molecule has 1 fully saturated rings. The number of hydrogen-bond acceptors (Lipinski definition) is 3. The zero-order valence-electron chi connectivity index (χ0n) is 11.0. The summed E-state index contributed by atoms with van der Waals surface area (Å²) >= 11 is 0. The van der Waals surface area contributed by atoms with Gasteiger partial charge in [-0.15, -0.1) is 0 Å². The van der Waals surface area contributed by atoms with Gasteiger partial charge in [0.05, 0.1) is 6.61 Å². The summed E-state index contributed by atoms with van der Waals surface area (Å²) in [4.78, 5) is 14.5. The molecule has 0 spiro atoms. The SMILES string of the molecule is NCC1CCN(C(=O)C2OCCc3ccccc32)C1. The molecule has 2 unspecified atom stereocenters. The van der Waals surface area contributed by atoms with Gasteiger partial charge in [0.1, 0.15) is 0 Å². The lowest BCUT2D eigenvalue weighted by atomic mass is 9.97. The molecule has 19 heavy (non-hydrogen) atoms. The number of ether oxygens (including phenoxy) is 1. The summed E-state index contributed by atoms with van der Waals surface area (Å²) in [6.07, 6.45) is 1.49. The van der Waals surface area contributed by atoms with Crippen molar-refractivity contribution >= 4 is 5.91 Å². The average molecular weight is 260 g/mol. The van der Waals surface area contributed by atoms with E-state index in [0.29, 0.717) is 19.1 Å². The summed E-state index contributed by atoms with van der Waals surface area (Å²) < 4.78 is 5.73. The highest BCUT2D eigenvalue weighted by atomic mass is 16.5. The number of likely N-dealkylation sites (tertiary alicyclic amines) is 1. The lowest BCUT2D eigenvalue weighted by Crippen LogP contribution is -2.37. The van der Waals surface area contributed by atoms with E-state index in [4.69, 9.17) is 10.5 Å². The summed E-state index contributed by atoms with van der Waals surface area (Å²) in [6.45, 7) is 2.87. The molecule has 1 saturated heterocycles. The van der Waals surface area contributed by atoms with Crippen molar-refractivity contribution in [3.63, 3.8) is 0 Å². The molecule has 0 aliphatic carbocycles. The van der Waals surface area contributed by atoms with E-state index in [1.807, 2.05) is 23.1 Å². The molecule has 2 N–H and O–H groups in total. The molecular formula is C15H20N2O2. The summed E-state index contributed by atoms with van der Waals surface area (Å²) in [5.74, 6) is 0.547. The van der Waals surface area contributed by atoms with Crippen molar-refractivity contribution in [3.05, 3.63) is 35.4 Å². The third-order valence-corrected chi connectivity index (χ3v) is 4.15. The van der Waals surface area contributed by atoms with Gasteiger partial charge in [-0.25, -0.2) is 0 Å². The van der Waals surface area contributed by atoms with Gasteiger partial charge in [-0.05, 0) is 36.4 Å². The third kappa shape index (κ3) is 2.38. The molecule has 2 heterocycles. The van der Waals surface area contributed by atoms with Gasteiger partial charge in [-0.1, -0.05) is 24.3 Å². The Bertz CT molecular complexity index is 475. The number of nitrogens with zero attached hydrogens (tertiary/aromatic N) is 1. The van der Waals surface area contributed by atoms with E-state index in [1.165, 1.54) is 5.56 Å². The van der Waals surface area contributed by atoms with Crippen LogP contribution in [0, 0.1) is 5.92 Å². The molecule has 2 aliphatic heterocycles. The molecule has 0 saturated carbocycles. The van der Waals surface area contributed by atoms with Crippen LogP contribution in [0.15, 0.2) is 24.3 Å². The second-order valence-electron chi connectivity index (χ2n) is 5.37. The molecule has 3 rings (SSSR count). The molecule has 1 aromatic rings. The Morgan fingerprint density at radius 2 is 2.26 bits per heavy atom. The Kier molecular flexibility index (Phi) is 3.53. The molecule has 4 nitrogen and oxygen atoms in total. The Balaban J connectivity index is 1.78. The number of fused-ring (bicyclic) bond motifs is 1. The van der Waals surface area contributed by atoms with Crippen LogP contribution in [0.5, 0.6) is 0 Å². The number of rotatable bonds is 2. The van der Waals surface area contributed by atoms with Crippen LogP contribution in [0.4, 0.5) is 0 Å². The quantitative estimate of drug-likeness (QED) is 0.866. The van der Waals surface area contributed by atoms with Crippen molar-refractivity contribution < 1.29 is 9.53 Å². The molecule has 0 bridgehead atoms. The summed E-state index contributed by atoms with van der Waals surface area (Å²) in [6, 6.07) is 8.09. The van der Waals surface area contributed by atoms with Crippen molar-refractivity contribution in [1.29, 1.82) is 0 Å². The first kappa shape index (κ1) is 12.6. The fourth-order valence-corrected chi connectivity index (χ4v) is 2.99. The first-order valence-corrected chi connectivity index (χ1v) is 6.98. The minimum atomic E-state index is -0.415. The van der Waals surface area contributed by atoms with E-state index in [2.05, 4.69) is 6.07 Å². The Hall–Kier alpha value is -1.39. The van der Waals surface area contributed by atoms with E-state index < -0.39 is 6.10 Å². The molecule has 1 amide bonds. The minimum Gasteiger partial charge on any atom is -0.363 e. The molecule has 0 radical (unpaired) electrons. The Morgan fingerprint density at radius 3 is 3.05 bits per heavy atom. The minimum absolute atomic E-state index is 0.100. The highest BCUT2D eigenvalue weighted by Crippen LogP contribution is 2.30. The van der Waals surface area contributed by atoms with Gasteiger partial charge in [-0.2, -0.15) is 0 Å². The molecule has 2 atom stereocenters. The standard InChI is InChI=1S/C15H20N2O2/c16-9-11-5-7-17(10-11)15(18)14-13-4-2-1-3-12(13)6-8-19-14/h1-4,11,14H,5-10,16H2. The van der Waals surface area contributed by atoms with E-state index in [0.717, 1.165) is 31.5 Å². The van der Waals surface area contributed by atoms with Gasteiger partial charge >= 0.3 is 0 Å². The number of benzene rings is 1. The third-order valence-electron chi connectivity index (χ3n) is 4.15. The number of carbonyl (C=O) groups is 1. The zero-order valence-corrected chi connectivity index (χ0v) is 11.0. The van der Waals surface area contributed by atoms with Crippen molar-refractivity contribution in [3.8, 4) is 0 Å². The van der Waals surface area contributed by atoms with Crippen molar-refractivity contribution in [2.75, 3.05) is 26.2 Å². The monoisotopic (exact) mass is 260 g/mol. The normalized spacial score (nSPS) is 26.3. The molecular weight excluding hydrogens is 240 g/mol. The molecule has 2 aliphatic rings. The second-order valence-corrected chi connectivity index (χ2v) is 5.37. The number of amides is 1. The maximum absolute atomic E-state index is 12.6. The smallest absolute Gasteiger partial charge is 0.256 e.